The molecule has 0 aliphatic heterocycles. The van der Waals surface area contributed by atoms with Crippen molar-refractivity contribution < 1.29 is 26.6 Å². The van der Waals surface area contributed by atoms with E-state index < -0.39 is 19.7 Å². The first-order valence-electron chi connectivity index (χ1n) is 11.3. The summed E-state index contributed by atoms with van der Waals surface area (Å²) in [7, 11) is -4.86. The van der Waals surface area contributed by atoms with Gasteiger partial charge in [-0.2, -0.15) is 14.6 Å². The lowest BCUT2D eigenvalue weighted by molar-refractivity contribution is -0.0538. The van der Waals surface area contributed by atoms with Gasteiger partial charge in [-0.3, -0.25) is 0 Å². The van der Waals surface area contributed by atoms with Gasteiger partial charge in [-0.25, -0.2) is 13.4 Å². The van der Waals surface area contributed by atoms with E-state index in [-0.39, 0.29) is 23.8 Å². The highest BCUT2D eigenvalue weighted by Gasteiger charge is 2.29. The average molecular weight is 521 g/mol. The van der Waals surface area contributed by atoms with Gasteiger partial charge in [-0.1, -0.05) is 33.2 Å². The van der Waals surface area contributed by atoms with Gasteiger partial charge >= 0.3 is 0 Å². The first kappa shape index (κ1) is 24.1. The molecule has 0 amide bonds. The lowest BCUT2D eigenvalue weighted by Gasteiger charge is -2.26. The van der Waals surface area contributed by atoms with Crippen LogP contribution in [0.5, 0.6) is 5.88 Å². The number of sulfonamides is 1. The maximum Gasteiger partial charge on any atom is 0.297 e. The number of halogens is 2. The molecule has 0 spiro atoms. The summed E-state index contributed by atoms with van der Waals surface area (Å²) in [6, 6.07) is 4.76. The molecule has 0 saturated heterocycles. The Morgan fingerprint density at radius 2 is 1.83 bits per heavy atom. The second-order valence-electron chi connectivity index (χ2n) is 8.76. The zero-order chi connectivity index (χ0) is 25.4. The maximum atomic E-state index is 12.6. The summed E-state index contributed by atoms with van der Waals surface area (Å²) >= 11 is 0. The Morgan fingerprint density at radius 1 is 1.11 bits per heavy atom. The molecule has 3 heterocycles. The van der Waals surface area contributed by atoms with Crippen LogP contribution < -0.4 is 4.74 Å². The van der Waals surface area contributed by atoms with Crippen LogP contribution in [0, 0.1) is 0 Å². The van der Waals surface area contributed by atoms with E-state index in [0.29, 0.717) is 28.6 Å². The van der Waals surface area contributed by atoms with Gasteiger partial charge in [0.1, 0.15) is 17.2 Å². The van der Waals surface area contributed by atoms with Gasteiger partial charge in [0.25, 0.3) is 10.0 Å². The van der Waals surface area contributed by atoms with E-state index in [2.05, 4.69) is 30.4 Å². The smallest absolute Gasteiger partial charge is 0.297 e. The molecule has 1 fully saturated rings. The topological polar surface area (TPSA) is 142 Å². The quantitative estimate of drug-likeness (QED) is 0.332. The van der Waals surface area contributed by atoms with Crippen molar-refractivity contribution in [2.24, 2.45) is 0 Å². The van der Waals surface area contributed by atoms with E-state index in [1.165, 1.54) is 23.1 Å². The molecule has 1 aliphatic rings. The van der Waals surface area contributed by atoms with Crippen LogP contribution in [0.3, 0.4) is 0 Å². The maximum absolute atomic E-state index is 12.6. The minimum Gasteiger partial charge on any atom is -0.473 e. The van der Waals surface area contributed by atoms with Gasteiger partial charge in [-0.05, 0) is 49.9 Å². The molecular formula is C21H22F2N8O4S. The molecule has 0 radical (unpaired) electrons. The van der Waals surface area contributed by atoms with E-state index in [9.17, 15) is 17.4 Å². The predicted octanol–water partition coefficient (Wildman–Crippen LogP) is 3.58. The number of aromatic nitrogens is 7. The van der Waals surface area contributed by atoms with E-state index in [1.807, 2.05) is 13.8 Å². The van der Waals surface area contributed by atoms with Gasteiger partial charge in [0.15, 0.2) is 17.0 Å². The Kier molecular flexibility index (Phi) is 6.34. The fourth-order valence-electron chi connectivity index (χ4n) is 4.06. The molecule has 1 aromatic carbocycles. The van der Waals surface area contributed by atoms with Crippen LogP contribution in [0.4, 0.5) is 8.96 Å². The van der Waals surface area contributed by atoms with Crippen LogP contribution in [0.15, 0.2) is 40.0 Å². The van der Waals surface area contributed by atoms with Crippen molar-refractivity contribution in [1.29, 1.82) is 0 Å². The zero-order valence-electron chi connectivity index (χ0n) is 19.3. The summed E-state index contributed by atoms with van der Waals surface area (Å²) in [6.07, 6.45) is 4.41. The van der Waals surface area contributed by atoms with Gasteiger partial charge in [0.2, 0.25) is 11.8 Å². The highest BCUT2D eigenvalue weighted by atomic mass is 32.2. The highest BCUT2D eigenvalue weighted by Crippen LogP contribution is 2.35. The molecule has 0 atom stereocenters. The van der Waals surface area contributed by atoms with E-state index in [1.54, 1.807) is 0 Å². The standard InChI is InChI=1S/C21H22F2N8O4S/c1-12(2)18-26-20(35-28-18)13-3-7-15(8-4-13)34-21-17-19(24-11-25-21)30(29-27-17)14-5-9-16(10-6-14)36(32,33)31(22)23/h5-6,9-13,15H,3-4,7-8H2,1-2H3. The van der Waals surface area contributed by atoms with Crippen molar-refractivity contribution in [2.45, 2.75) is 62.4 Å². The third kappa shape index (κ3) is 4.51. The molecule has 190 valence electrons. The zero-order valence-corrected chi connectivity index (χ0v) is 20.1. The van der Waals surface area contributed by atoms with Crippen LogP contribution in [-0.4, -0.2) is 54.4 Å². The van der Waals surface area contributed by atoms with Crippen LogP contribution in [0.1, 0.15) is 63.1 Å². The van der Waals surface area contributed by atoms with Crippen molar-refractivity contribution in [3.8, 4) is 11.6 Å². The summed E-state index contributed by atoms with van der Waals surface area (Å²) in [4.78, 5) is 12.4. The second kappa shape index (κ2) is 9.46. The van der Waals surface area contributed by atoms with Crippen LogP contribution in [-0.2, 0) is 10.0 Å². The van der Waals surface area contributed by atoms with E-state index >= 15 is 0 Å². The van der Waals surface area contributed by atoms with Crippen LogP contribution in [0.25, 0.3) is 16.9 Å². The third-order valence-electron chi connectivity index (χ3n) is 6.04. The number of nitrogens with zero attached hydrogens (tertiary/aromatic N) is 8. The molecule has 0 unspecified atom stereocenters. The van der Waals surface area contributed by atoms with Crippen LogP contribution in [0.2, 0.25) is 0 Å². The Labute approximate surface area is 204 Å². The van der Waals surface area contributed by atoms with E-state index in [4.69, 9.17) is 9.26 Å². The average Bonchev–Trinajstić information content (AvgIpc) is 3.53. The summed E-state index contributed by atoms with van der Waals surface area (Å²) in [5, 5.41) is 12.2. The fourth-order valence-corrected chi connectivity index (χ4v) is 4.70. The first-order chi connectivity index (χ1) is 17.2. The Balaban J connectivity index is 1.30. The van der Waals surface area contributed by atoms with Gasteiger partial charge in [-0.15, -0.1) is 5.10 Å². The number of fused-ring (bicyclic) bond motifs is 1. The molecule has 12 nitrogen and oxygen atoms in total. The van der Waals surface area contributed by atoms with Gasteiger partial charge < -0.3 is 9.26 Å². The molecule has 36 heavy (non-hydrogen) atoms. The third-order valence-corrected chi connectivity index (χ3v) is 7.27. The van der Waals surface area contributed by atoms with Gasteiger partial charge in [0.05, 0.1) is 10.6 Å². The predicted molar refractivity (Wildman–Crippen MR) is 120 cm³/mol. The van der Waals surface area contributed by atoms with Crippen molar-refractivity contribution in [1.82, 2.24) is 39.9 Å². The van der Waals surface area contributed by atoms with Crippen LogP contribution >= 0.6 is 0 Å². The highest BCUT2D eigenvalue weighted by molar-refractivity contribution is 7.88. The van der Waals surface area contributed by atoms with Crippen molar-refractivity contribution in [3.05, 3.63) is 42.3 Å². The second-order valence-corrected chi connectivity index (χ2v) is 10.5. The summed E-state index contributed by atoms with van der Waals surface area (Å²) in [5.41, 5.74) is 1.04. The molecule has 3 aromatic heterocycles. The molecule has 4 aromatic rings. The number of hydrogen-bond donors (Lipinski definition) is 0. The normalized spacial score (nSPS) is 18.8. The minimum atomic E-state index is -4.86. The van der Waals surface area contributed by atoms with Crippen molar-refractivity contribution in [3.63, 3.8) is 0 Å². The fraction of sp³-hybridized carbons (Fsp3) is 0.429. The summed E-state index contributed by atoms with van der Waals surface area (Å²) in [6.45, 7) is 4.03. The largest absolute Gasteiger partial charge is 0.473 e. The number of hydrogen-bond acceptors (Lipinski definition) is 10. The molecule has 1 saturated carbocycles. The van der Waals surface area contributed by atoms with Crippen molar-refractivity contribution >= 4 is 21.2 Å². The molecule has 0 bridgehead atoms. The monoisotopic (exact) mass is 520 g/mol. The molecule has 1 aliphatic carbocycles. The Hall–Kier alpha value is -3.59. The van der Waals surface area contributed by atoms with Crippen molar-refractivity contribution in [2.75, 3.05) is 0 Å². The molecule has 15 heteroatoms. The molecular weight excluding hydrogens is 498 g/mol. The minimum absolute atomic E-state index is 0.0918. The number of benzene rings is 1. The Morgan fingerprint density at radius 3 is 2.47 bits per heavy atom. The number of rotatable bonds is 7. The lowest BCUT2D eigenvalue weighted by Crippen LogP contribution is -2.24. The first-order valence-corrected chi connectivity index (χ1v) is 12.7. The Bertz CT molecular complexity index is 1460. The number of ether oxygens (including phenoxy) is 1. The molecule has 0 N–H and O–H groups in total. The summed E-state index contributed by atoms with van der Waals surface area (Å²) in [5.74, 6) is 2.04. The van der Waals surface area contributed by atoms with Gasteiger partial charge in [0, 0.05) is 11.8 Å². The lowest BCUT2D eigenvalue weighted by atomic mass is 9.87. The molecule has 5 rings (SSSR count). The summed E-state index contributed by atoms with van der Waals surface area (Å²) < 4.78 is 59.6. The SMILES string of the molecule is CC(C)c1noc(C2CCC(Oc3ncnc4c3nnn4-c3ccc(S(=O)(=O)N(F)F)cc3)CC2)n1. The van der Waals surface area contributed by atoms with E-state index in [0.717, 1.165) is 37.8 Å².